The zero-order valence-electron chi connectivity index (χ0n) is 12.7. The number of aliphatic carboxylic acids is 1. The lowest BCUT2D eigenvalue weighted by Gasteiger charge is -2.06. The Morgan fingerprint density at radius 2 is 2.22 bits per heavy atom. The third-order valence-electron chi connectivity index (χ3n) is 3.20. The maximum absolute atomic E-state index is 11.9. The monoisotopic (exact) mass is 321 g/mol. The lowest BCUT2D eigenvalue weighted by Crippen LogP contribution is -2.32. The maximum Gasteiger partial charge on any atom is 0.359 e. The molecule has 2 heterocycles. The molecule has 124 valence electrons. The number of hydrogen-bond acceptors (Lipinski definition) is 6. The Morgan fingerprint density at radius 1 is 1.43 bits per heavy atom. The first-order valence-corrected chi connectivity index (χ1v) is 7.23. The molecule has 0 bridgehead atoms. The molecular formula is C14H19N5O4. The Morgan fingerprint density at radius 3 is 2.87 bits per heavy atom. The SMILES string of the molecule is Cc1ccc(-c2cnn(C(=O)NCCCC[C@H](N)C(=O)O)n2)o1. The number of aromatic nitrogens is 3. The topological polar surface area (TPSA) is 136 Å². The zero-order valence-corrected chi connectivity index (χ0v) is 12.7. The van der Waals surface area contributed by atoms with E-state index in [0.29, 0.717) is 37.3 Å². The van der Waals surface area contributed by atoms with Gasteiger partial charge in [0, 0.05) is 6.54 Å². The first-order valence-electron chi connectivity index (χ1n) is 7.23. The highest BCUT2D eigenvalue weighted by Crippen LogP contribution is 2.18. The second-order valence-electron chi connectivity index (χ2n) is 5.10. The van der Waals surface area contributed by atoms with E-state index in [1.165, 1.54) is 6.20 Å². The summed E-state index contributed by atoms with van der Waals surface area (Å²) in [4.78, 5) is 23.4. The molecule has 0 saturated carbocycles. The molecule has 0 aliphatic carbocycles. The van der Waals surface area contributed by atoms with Gasteiger partial charge in [0.1, 0.15) is 17.5 Å². The van der Waals surface area contributed by atoms with Gasteiger partial charge < -0.3 is 20.6 Å². The lowest BCUT2D eigenvalue weighted by molar-refractivity contribution is -0.138. The van der Waals surface area contributed by atoms with Crippen LogP contribution in [0.2, 0.25) is 0 Å². The molecule has 1 amide bonds. The van der Waals surface area contributed by atoms with Gasteiger partial charge in [-0.15, -0.1) is 5.10 Å². The van der Waals surface area contributed by atoms with E-state index in [-0.39, 0.29) is 0 Å². The van der Waals surface area contributed by atoms with Crippen molar-refractivity contribution in [2.24, 2.45) is 5.73 Å². The van der Waals surface area contributed by atoms with Gasteiger partial charge >= 0.3 is 12.0 Å². The van der Waals surface area contributed by atoms with Crippen LogP contribution in [0.4, 0.5) is 4.79 Å². The summed E-state index contributed by atoms with van der Waals surface area (Å²) in [7, 11) is 0. The highest BCUT2D eigenvalue weighted by Gasteiger charge is 2.13. The fourth-order valence-corrected chi connectivity index (χ4v) is 1.92. The molecule has 9 nitrogen and oxygen atoms in total. The predicted molar refractivity (Wildman–Crippen MR) is 80.7 cm³/mol. The number of nitrogens with zero attached hydrogens (tertiary/aromatic N) is 3. The molecular weight excluding hydrogens is 302 g/mol. The number of carbonyl (C=O) groups excluding carboxylic acids is 1. The van der Waals surface area contributed by atoms with Crippen LogP contribution in [0.1, 0.15) is 25.0 Å². The quantitative estimate of drug-likeness (QED) is 0.647. The van der Waals surface area contributed by atoms with Crippen molar-refractivity contribution in [2.45, 2.75) is 32.2 Å². The largest absolute Gasteiger partial charge is 0.480 e. The number of carboxylic acids is 1. The maximum atomic E-state index is 11.9. The third kappa shape index (κ3) is 4.65. The summed E-state index contributed by atoms with van der Waals surface area (Å²) in [5.41, 5.74) is 5.86. The second-order valence-corrected chi connectivity index (χ2v) is 5.10. The highest BCUT2D eigenvalue weighted by atomic mass is 16.4. The minimum atomic E-state index is -1.02. The van der Waals surface area contributed by atoms with Crippen molar-refractivity contribution in [3.8, 4) is 11.5 Å². The van der Waals surface area contributed by atoms with Crippen LogP contribution in [-0.4, -0.2) is 44.7 Å². The van der Waals surface area contributed by atoms with Crippen LogP contribution < -0.4 is 11.1 Å². The van der Waals surface area contributed by atoms with Gasteiger partial charge in [0.15, 0.2) is 5.76 Å². The molecule has 0 aliphatic rings. The van der Waals surface area contributed by atoms with Crippen LogP contribution in [-0.2, 0) is 4.79 Å². The zero-order chi connectivity index (χ0) is 16.8. The molecule has 0 saturated heterocycles. The molecule has 2 aromatic rings. The van der Waals surface area contributed by atoms with E-state index in [2.05, 4.69) is 15.5 Å². The van der Waals surface area contributed by atoms with E-state index in [1.54, 1.807) is 12.1 Å². The van der Waals surface area contributed by atoms with Crippen molar-refractivity contribution in [2.75, 3.05) is 6.54 Å². The molecule has 2 aromatic heterocycles. The van der Waals surface area contributed by atoms with Gasteiger partial charge in [0.2, 0.25) is 0 Å². The number of amides is 1. The molecule has 23 heavy (non-hydrogen) atoms. The smallest absolute Gasteiger partial charge is 0.359 e. The minimum Gasteiger partial charge on any atom is -0.480 e. The summed E-state index contributed by atoms with van der Waals surface area (Å²) in [6.45, 7) is 2.21. The van der Waals surface area contributed by atoms with E-state index in [4.69, 9.17) is 15.3 Å². The first kappa shape index (κ1) is 16.7. The second kappa shape index (κ2) is 7.54. The van der Waals surface area contributed by atoms with Gasteiger partial charge in [-0.25, -0.2) is 4.79 Å². The van der Waals surface area contributed by atoms with Gasteiger partial charge in [-0.05, 0) is 38.3 Å². The van der Waals surface area contributed by atoms with Crippen LogP contribution >= 0.6 is 0 Å². The fraction of sp³-hybridized carbons (Fsp3) is 0.429. The van der Waals surface area contributed by atoms with E-state index in [1.807, 2.05) is 6.92 Å². The Labute approximate surface area is 132 Å². The summed E-state index contributed by atoms with van der Waals surface area (Å²) >= 11 is 0. The van der Waals surface area contributed by atoms with Crippen molar-refractivity contribution in [1.82, 2.24) is 20.3 Å². The molecule has 0 unspecified atom stereocenters. The molecule has 0 spiro atoms. The Kier molecular flexibility index (Phi) is 5.47. The van der Waals surface area contributed by atoms with E-state index in [9.17, 15) is 9.59 Å². The van der Waals surface area contributed by atoms with Crippen molar-refractivity contribution in [3.05, 3.63) is 24.1 Å². The van der Waals surface area contributed by atoms with E-state index in [0.717, 1.165) is 10.6 Å². The summed E-state index contributed by atoms with van der Waals surface area (Å²) in [5, 5.41) is 19.2. The molecule has 0 aliphatic heterocycles. The van der Waals surface area contributed by atoms with Crippen LogP contribution in [0.15, 0.2) is 22.7 Å². The number of unbranched alkanes of at least 4 members (excludes halogenated alkanes) is 1. The van der Waals surface area contributed by atoms with Gasteiger partial charge in [-0.3, -0.25) is 4.79 Å². The summed E-state index contributed by atoms with van der Waals surface area (Å²) in [5.74, 6) is 0.276. The number of nitrogens with two attached hydrogens (primary N) is 1. The molecule has 9 heteroatoms. The Bertz CT molecular complexity index is 678. The number of hydrogen-bond donors (Lipinski definition) is 3. The predicted octanol–water partition coefficient (Wildman–Crippen LogP) is 0.986. The van der Waals surface area contributed by atoms with E-state index >= 15 is 0 Å². The van der Waals surface area contributed by atoms with Crippen molar-refractivity contribution < 1.29 is 19.1 Å². The number of carboxylic acid groups (broad SMARTS) is 1. The normalized spacial score (nSPS) is 12.1. The highest BCUT2D eigenvalue weighted by molar-refractivity contribution is 5.75. The number of nitrogens with one attached hydrogen (secondary N) is 1. The van der Waals surface area contributed by atoms with Gasteiger partial charge in [0.05, 0.1) is 6.20 Å². The standard InChI is InChI=1S/C14H19N5O4/c1-9-5-6-12(23-9)11-8-17-19(18-11)14(22)16-7-3-2-4-10(15)13(20)21/h5-6,8,10H,2-4,7,15H2,1H3,(H,16,22)(H,20,21)/t10-/m0/s1. The Hall–Kier alpha value is -2.68. The summed E-state index contributed by atoms with van der Waals surface area (Å²) in [6, 6.07) is 2.24. The van der Waals surface area contributed by atoms with E-state index < -0.39 is 18.0 Å². The number of carbonyl (C=O) groups is 2. The summed E-state index contributed by atoms with van der Waals surface area (Å²) in [6.07, 6.45) is 3.05. The van der Waals surface area contributed by atoms with Crippen LogP contribution in [0.25, 0.3) is 11.5 Å². The molecule has 0 aromatic carbocycles. The number of rotatable bonds is 7. The van der Waals surface area contributed by atoms with Crippen LogP contribution in [0.3, 0.4) is 0 Å². The average Bonchev–Trinajstić information content (AvgIpc) is 3.15. The van der Waals surface area contributed by atoms with Crippen LogP contribution in [0, 0.1) is 6.92 Å². The van der Waals surface area contributed by atoms with Gasteiger partial charge in [-0.2, -0.15) is 5.10 Å². The fourth-order valence-electron chi connectivity index (χ4n) is 1.92. The molecule has 0 radical (unpaired) electrons. The van der Waals surface area contributed by atoms with Crippen LogP contribution in [0.5, 0.6) is 0 Å². The summed E-state index contributed by atoms with van der Waals surface area (Å²) < 4.78 is 5.41. The molecule has 4 N–H and O–H groups in total. The van der Waals surface area contributed by atoms with Crippen molar-refractivity contribution in [1.29, 1.82) is 0 Å². The lowest BCUT2D eigenvalue weighted by atomic mass is 10.1. The first-order chi connectivity index (χ1) is 11.0. The third-order valence-corrected chi connectivity index (χ3v) is 3.20. The molecule has 1 atom stereocenters. The molecule has 2 rings (SSSR count). The van der Waals surface area contributed by atoms with Crippen molar-refractivity contribution in [3.63, 3.8) is 0 Å². The minimum absolute atomic E-state index is 0.368. The Balaban J connectivity index is 1.76. The van der Waals surface area contributed by atoms with Crippen molar-refractivity contribution >= 4 is 12.0 Å². The van der Waals surface area contributed by atoms with Gasteiger partial charge in [-0.1, -0.05) is 4.80 Å². The van der Waals surface area contributed by atoms with Gasteiger partial charge in [0.25, 0.3) is 0 Å². The average molecular weight is 321 g/mol. The number of furan rings is 1. The molecule has 0 fully saturated rings. The number of aryl methyl sites for hydroxylation is 1.